The smallest absolute Gasteiger partial charge is 0.258 e. The van der Waals surface area contributed by atoms with Crippen molar-refractivity contribution in [3.05, 3.63) is 64.1 Å². The van der Waals surface area contributed by atoms with Gasteiger partial charge in [0.05, 0.1) is 6.04 Å². The molecule has 108 valence electrons. The summed E-state index contributed by atoms with van der Waals surface area (Å²) in [6, 6.07) is 15.9. The lowest BCUT2D eigenvalue weighted by Crippen LogP contribution is -2.31. The predicted molar refractivity (Wildman–Crippen MR) is 85.3 cm³/mol. The molecule has 0 spiro atoms. The lowest BCUT2D eigenvalue weighted by molar-refractivity contribution is -0.123. The quantitative estimate of drug-likeness (QED) is 0.918. The molecule has 0 saturated heterocycles. The second-order valence-corrected chi connectivity index (χ2v) is 6.02. The fourth-order valence-electron chi connectivity index (χ4n) is 2.65. The molecule has 1 amide bonds. The van der Waals surface area contributed by atoms with Crippen molar-refractivity contribution in [2.45, 2.75) is 18.9 Å². The normalized spacial score (nSPS) is 16.3. The van der Waals surface area contributed by atoms with Gasteiger partial charge < -0.3 is 10.1 Å². The van der Waals surface area contributed by atoms with Crippen molar-refractivity contribution in [1.82, 2.24) is 5.32 Å². The zero-order valence-corrected chi connectivity index (χ0v) is 13.1. The highest BCUT2D eigenvalue weighted by atomic mass is 79.9. The fraction of sp³-hybridized carbons (Fsp3) is 0.235. The lowest BCUT2D eigenvalue weighted by atomic mass is 10.1. The van der Waals surface area contributed by atoms with Gasteiger partial charge in [0, 0.05) is 4.47 Å². The summed E-state index contributed by atoms with van der Waals surface area (Å²) in [4.78, 5) is 12.0. The minimum Gasteiger partial charge on any atom is -0.484 e. The Morgan fingerprint density at radius 3 is 2.95 bits per heavy atom. The Hall–Kier alpha value is -1.81. The summed E-state index contributed by atoms with van der Waals surface area (Å²) in [6.45, 7) is 0.0368. The van der Waals surface area contributed by atoms with Crippen LogP contribution in [0.5, 0.6) is 5.75 Å². The van der Waals surface area contributed by atoms with E-state index in [1.807, 2.05) is 36.4 Å². The van der Waals surface area contributed by atoms with Crippen LogP contribution in [0.1, 0.15) is 23.6 Å². The van der Waals surface area contributed by atoms with Crippen LogP contribution in [-0.4, -0.2) is 12.5 Å². The van der Waals surface area contributed by atoms with Crippen molar-refractivity contribution in [2.24, 2.45) is 0 Å². The molecule has 0 heterocycles. The van der Waals surface area contributed by atoms with Gasteiger partial charge in [0.2, 0.25) is 0 Å². The second kappa shape index (κ2) is 6.31. The Morgan fingerprint density at radius 2 is 2.10 bits per heavy atom. The largest absolute Gasteiger partial charge is 0.484 e. The average Bonchev–Trinajstić information content (AvgIpc) is 2.89. The van der Waals surface area contributed by atoms with Crippen molar-refractivity contribution >= 4 is 21.8 Å². The van der Waals surface area contributed by atoms with E-state index in [0.717, 1.165) is 17.3 Å². The first kappa shape index (κ1) is 14.1. The van der Waals surface area contributed by atoms with Gasteiger partial charge in [-0.05, 0) is 42.2 Å². The van der Waals surface area contributed by atoms with Gasteiger partial charge in [-0.15, -0.1) is 0 Å². The number of halogens is 1. The van der Waals surface area contributed by atoms with Gasteiger partial charge in [0.15, 0.2) is 6.61 Å². The third kappa shape index (κ3) is 3.45. The summed E-state index contributed by atoms with van der Waals surface area (Å²) in [5.74, 6) is 0.600. The van der Waals surface area contributed by atoms with E-state index in [4.69, 9.17) is 4.74 Å². The number of rotatable bonds is 4. The van der Waals surface area contributed by atoms with E-state index >= 15 is 0 Å². The number of benzene rings is 2. The highest BCUT2D eigenvalue weighted by molar-refractivity contribution is 9.10. The molecule has 0 bridgehead atoms. The van der Waals surface area contributed by atoms with Crippen molar-refractivity contribution in [1.29, 1.82) is 0 Å². The molecule has 0 fully saturated rings. The molecule has 0 saturated carbocycles. The maximum atomic E-state index is 12.0. The molecule has 0 radical (unpaired) electrons. The van der Waals surface area contributed by atoms with Crippen LogP contribution in [0.25, 0.3) is 0 Å². The van der Waals surface area contributed by atoms with E-state index in [1.165, 1.54) is 11.1 Å². The van der Waals surface area contributed by atoms with E-state index in [1.54, 1.807) is 0 Å². The minimum atomic E-state index is -0.0864. The first-order valence-corrected chi connectivity index (χ1v) is 7.77. The number of carbonyl (C=O) groups is 1. The molecule has 1 aliphatic rings. The van der Waals surface area contributed by atoms with Gasteiger partial charge in [-0.1, -0.05) is 46.3 Å². The summed E-state index contributed by atoms with van der Waals surface area (Å²) < 4.78 is 6.44. The van der Waals surface area contributed by atoms with Gasteiger partial charge in [0.25, 0.3) is 5.91 Å². The molecule has 2 aromatic carbocycles. The Kier molecular flexibility index (Phi) is 4.25. The third-order valence-corrected chi connectivity index (χ3v) is 4.13. The molecule has 1 aliphatic carbocycles. The van der Waals surface area contributed by atoms with E-state index in [0.29, 0.717) is 5.75 Å². The van der Waals surface area contributed by atoms with Crippen LogP contribution in [0.4, 0.5) is 0 Å². The van der Waals surface area contributed by atoms with E-state index in [-0.39, 0.29) is 18.6 Å². The van der Waals surface area contributed by atoms with Gasteiger partial charge in [-0.2, -0.15) is 0 Å². The van der Waals surface area contributed by atoms with Crippen LogP contribution in [0.3, 0.4) is 0 Å². The molecule has 0 aliphatic heterocycles. The average molecular weight is 346 g/mol. The van der Waals surface area contributed by atoms with Crippen LogP contribution < -0.4 is 10.1 Å². The predicted octanol–water partition coefficient (Wildman–Crippen LogP) is 3.63. The molecular weight excluding hydrogens is 330 g/mol. The highest BCUT2D eigenvalue weighted by Gasteiger charge is 2.23. The minimum absolute atomic E-state index is 0.0368. The first-order valence-electron chi connectivity index (χ1n) is 6.98. The first-order chi connectivity index (χ1) is 10.2. The summed E-state index contributed by atoms with van der Waals surface area (Å²) in [6.07, 6.45) is 1.98. The zero-order valence-electron chi connectivity index (χ0n) is 11.5. The van der Waals surface area contributed by atoms with Gasteiger partial charge in [0.1, 0.15) is 5.75 Å². The monoisotopic (exact) mass is 345 g/mol. The lowest BCUT2D eigenvalue weighted by Gasteiger charge is -2.14. The number of hydrogen-bond acceptors (Lipinski definition) is 2. The molecule has 1 N–H and O–H groups in total. The van der Waals surface area contributed by atoms with E-state index < -0.39 is 0 Å². The summed E-state index contributed by atoms with van der Waals surface area (Å²) >= 11 is 3.38. The molecule has 0 aromatic heterocycles. The van der Waals surface area contributed by atoms with Crippen molar-refractivity contribution in [3.63, 3.8) is 0 Å². The molecule has 3 nitrogen and oxygen atoms in total. The van der Waals surface area contributed by atoms with E-state index in [9.17, 15) is 4.79 Å². The molecule has 3 rings (SSSR count). The van der Waals surface area contributed by atoms with Crippen LogP contribution in [-0.2, 0) is 11.2 Å². The van der Waals surface area contributed by atoms with Crippen LogP contribution in [0, 0.1) is 0 Å². The Balaban J connectivity index is 1.56. The number of nitrogens with one attached hydrogen (secondary N) is 1. The van der Waals surface area contributed by atoms with Crippen molar-refractivity contribution < 1.29 is 9.53 Å². The van der Waals surface area contributed by atoms with E-state index in [2.05, 4.69) is 33.4 Å². The van der Waals surface area contributed by atoms with Crippen LogP contribution in [0.2, 0.25) is 0 Å². The molecule has 2 aromatic rings. The number of hydrogen-bond donors (Lipinski definition) is 1. The molecule has 21 heavy (non-hydrogen) atoms. The maximum absolute atomic E-state index is 12.0. The third-order valence-electron chi connectivity index (χ3n) is 3.63. The number of carbonyl (C=O) groups excluding carboxylic acids is 1. The SMILES string of the molecule is O=C(COc1cccc(Br)c1)N[C@H]1CCc2ccccc21. The molecule has 1 atom stereocenters. The highest BCUT2D eigenvalue weighted by Crippen LogP contribution is 2.30. The number of amides is 1. The van der Waals surface area contributed by atoms with Gasteiger partial charge >= 0.3 is 0 Å². The Bertz CT molecular complexity index is 657. The Morgan fingerprint density at radius 1 is 1.24 bits per heavy atom. The molecular formula is C17H16BrNO2. The zero-order chi connectivity index (χ0) is 14.7. The standard InChI is InChI=1S/C17H16BrNO2/c18-13-5-3-6-14(10-13)21-11-17(20)19-16-9-8-12-4-1-2-7-15(12)16/h1-7,10,16H,8-9,11H2,(H,19,20)/t16-/m0/s1. The van der Waals surface area contributed by atoms with Crippen molar-refractivity contribution in [2.75, 3.05) is 6.61 Å². The molecule has 0 unspecified atom stereocenters. The van der Waals surface area contributed by atoms with Crippen LogP contribution >= 0.6 is 15.9 Å². The van der Waals surface area contributed by atoms with Gasteiger partial charge in [-0.3, -0.25) is 4.79 Å². The fourth-order valence-corrected chi connectivity index (χ4v) is 3.03. The number of aryl methyl sites for hydroxylation is 1. The summed E-state index contributed by atoms with van der Waals surface area (Å²) in [5.41, 5.74) is 2.56. The maximum Gasteiger partial charge on any atom is 0.258 e. The van der Waals surface area contributed by atoms with Crippen LogP contribution in [0.15, 0.2) is 53.0 Å². The summed E-state index contributed by atoms with van der Waals surface area (Å²) in [7, 11) is 0. The summed E-state index contributed by atoms with van der Waals surface area (Å²) in [5, 5.41) is 3.04. The number of fused-ring (bicyclic) bond motifs is 1. The molecule has 4 heteroatoms. The number of ether oxygens (including phenoxy) is 1. The topological polar surface area (TPSA) is 38.3 Å². The Labute approximate surface area is 132 Å². The second-order valence-electron chi connectivity index (χ2n) is 5.10. The van der Waals surface area contributed by atoms with Crippen molar-refractivity contribution in [3.8, 4) is 5.75 Å². The van der Waals surface area contributed by atoms with Gasteiger partial charge in [-0.25, -0.2) is 0 Å².